The number of hydrogen-bond donors (Lipinski definition) is 2. The van der Waals surface area contributed by atoms with Gasteiger partial charge < -0.3 is 4.74 Å². The summed E-state index contributed by atoms with van der Waals surface area (Å²) in [7, 11) is 0. The molecule has 0 aromatic heterocycles. The fourth-order valence-corrected chi connectivity index (χ4v) is 2.64. The normalized spacial score (nSPS) is 23.4. The first-order chi connectivity index (χ1) is 11.8. The minimum Gasteiger partial charge on any atom is -0.460 e. The second kappa shape index (κ2) is 8.68. The van der Waals surface area contributed by atoms with Crippen molar-refractivity contribution in [3.05, 3.63) is 0 Å². The molecule has 0 bridgehead atoms. The summed E-state index contributed by atoms with van der Waals surface area (Å²) in [5, 5.41) is 0. The summed E-state index contributed by atoms with van der Waals surface area (Å²) in [6.45, 7) is 4.93. The molecule has 3 atom stereocenters. The predicted molar refractivity (Wildman–Crippen MR) is 83.1 cm³/mol. The molecular formula is C16H24F4N2O4. The lowest BCUT2D eigenvalue weighted by Crippen LogP contribution is -2.46. The van der Waals surface area contributed by atoms with Gasteiger partial charge in [0, 0.05) is 12.8 Å². The van der Waals surface area contributed by atoms with Gasteiger partial charge in [-0.3, -0.25) is 25.2 Å². The van der Waals surface area contributed by atoms with Gasteiger partial charge in [-0.2, -0.15) is 13.2 Å². The van der Waals surface area contributed by atoms with Crippen molar-refractivity contribution in [2.45, 2.75) is 70.8 Å². The maximum atomic E-state index is 13.7. The van der Waals surface area contributed by atoms with Crippen LogP contribution in [0.15, 0.2) is 0 Å². The summed E-state index contributed by atoms with van der Waals surface area (Å²) in [6, 6.07) is 0. The maximum Gasteiger partial charge on any atom is 0.389 e. The average molecular weight is 384 g/mol. The lowest BCUT2D eigenvalue weighted by Gasteiger charge is -2.24. The molecule has 0 aromatic carbocycles. The number of amides is 2. The summed E-state index contributed by atoms with van der Waals surface area (Å²) in [6.07, 6.45) is -8.02. The van der Waals surface area contributed by atoms with E-state index in [1.54, 1.807) is 20.8 Å². The molecule has 2 N–H and O–H groups in total. The molecule has 0 heterocycles. The molecule has 0 saturated heterocycles. The third kappa shape index (κ3) is 8.01. The molecule has 1 saturated carbocycles. The topological polar surface area (TPSA) is 84.5 Å². The van der Waals surface area contributed by atoms with Gasteiger partial charge in [-0.05, 0) is 40.0 Å². The fraction of sp³-hybridized carbons (Fsp3) is 0.812. The predicted octanol–water partition coefficient (Wildman–Crippen LogP) is 2.57. The Morgan fingerprint density at radius 2 is 1.62 bits per heavy atom. The van der Waals surface area contributed by atoms with Crippen LogP contribution in [0.1, 0.15) is 52.9 Å². The van der Waals surface area contributed by atoms with E-state index in [9.17, 15) is 31.9 Å². The monoisotopic (exact) mass is 384 g/mol. The first-order valence-electron chi connectivity index (χ1n) is 8.31. The quantitative estimate of drug-likeness (QED) is 0.434. The highest BCUT2D eigenvalue weighted by Crippen LogP contribution is 2.35. The highest BCUT2D eigenvalue weighted by molar-refractivity contribution is 5.88. The first-order valence-corrected chi connectivity index (χ1v) is 8.31. The molecule has 2 amide bonds. The number of esters is 1. The van der Waals surface area contributed by atoms with Gasteiger partial charge in [0.25, 0.3) is 0 Å². The van der Waals surface area contributed by atoms with Crippen molar-refractivity contribution in [2.24, 2.45) is 11.8 Å². The fourth-order valence-electron chi connectivity index (χ4n) is 2.64. The molecule has 10 heteroatoms. The van der Waals surface area contributed by atoms with Crippen molar-refractivity contribution in [1.29, 1.82) is 0 Å². The Morgan fingerprint density at radius 1 is 1.04 bits per heavy atom. The van der Waals surface area contributed by atoms with Crippen LogP contribution in [0.4, 0.5) is 17.6 Å². The second-order valence-electron chi connectivity index (χ2n) is 7.32. The SMILES string of the molecule is CC(C)(C)OC(=O)C1C[C@H](F)C[C@H]1C(=O)NNC(=O)CCCC(F)(F)F. The number of hydrazine groups is 1. The molecule has 1 fully saturated rings. The minimum atomic E-state index is -4.36. The van der Waals surface area contributed by atoms with Gasteiger partial charge in [0.1, 0.15) is 11.8 Å². The molecule has 1 aliphatic carbocycles. The third-order valence-corrected chi connectivity index (χ3v) is 3.74. The Balaban J connectivity index is 2.51. The molecule has 1 rings (SSSR count). The highest BCUT2D eigenvalue weighted by Gasteiger charge is 2.45. The number of halogens is 4. The molecule has 0 aliphatic heterocycles. The Bertz CT molecular complexity index is 531. The third-order valence-electron chi connectivity index (χ3n) is 3.74. The van der Waals surface area contributed by atoms with Gasteiger partial charge >= 0.3 is 12.1 Å². The molecule has 26 heavy (non-hydrogen) atoms. The largest absolute Gasteiger partial charge is 0.460 e. The van der Waals surface area contributed by atoms with Gasteiger partial charge in [-0.15, -0.1) is 0 Å². The van der Waals surface area contributed by atoms with E-state index in [2.05, 4.69) is 0 Å². The summed E-state index contributed by atoms with van der Waals surface area (Å²) in [5.74, 6) is -4.27. The standard InChI is InChI=1S/C16H24F4N2O4/c1-15(2,3)26-14(25)11-8-9(17)7-10(11)13(24)22-21-12(23)5-4-6-16(18,19)20/h9-11H,4-8H2,1-3H3,(H,21,23)(H,22,24)/t9-,10-,11?/m1/s1. The van der Waals surface area contributed by atoms with Crippen molar-refractivity contribution < 1.29 is 36.7 Å². The molecule has 0 radical (unpaired) electrons. The van der Waals surface area contributed by atoms with Crippen LogP contribution in [-0.4, -0.2) is 35.7 Å². The van der Waals surface area contributed by atoms with Crippen LogP contribution in [-0.2, 0) is 19.1 Å². The Hall–Kier alpha value is -1.87. The number of ether oxygens (including phenoxy) is 1. The van der Waals surface area contributed by atoms with Crippen LogP contribution in [0, 0.1) is 11.8 Å². The zero-order chi connectivity index (χ0) is 20.1. The van der Waals surface area contributed by atoms with E-state index >= 15 is 0 Å². The second-order valence-corrected chi connectivity index (χ2v) is 7.32. The zero-order valence-corrected chi connectivity index (χ0v) is 14.9. The van der Waals surface area contributed by atoms with E-state index < -0.39 is 66.8 Å². The van der Waals surface area contributed by atoms with E-state index in [-0.39, 0.29) is 12.8 Å². The molecule has 1 aliphatic rings. The van der Waals surface area contributed by atoms with Crippen LogP contribution < -0.4 is 10.9 Å². The lowest BCUT2D eigenvalue weighted by atomic mass is 9.95. The smallest absolute Gasteiger partial charge is 0.389 e. The van der Waals surface area contributed by atoms with Crippen molar-refractivity contribution in [3.8, 4) is 0 Å². The number of hydrogen-bond acceptors (Lipinski definition) is 4. The summed E-state index contributed by atoms with van der Waals surface area (Å²) < 4.78 is 54.9. The summed E-state index contributed by atoms with van der Waals surface area (Å²) >= 11 is 0. The van der Waals surface area contributed by atoms with E-state index in [0.29, 0.717) is 0 Å². The van der Waals surface area contributed by atoms with Crippen LogP contribution in [0.25, 0.3) is 0 Å². The molecular weight excluding hydrogens is 360 g/mol. The van der Waals surface area contributed by atoms with Crippen molar-refractivity contribution >= 4 is 17.8 Å². The Labute approximate surface area is 149 Å². The van der Waals surface area contributed by atoms with Crippen molar-refractivity contribution in [2.75, 3.05) is 0 Å². The van der Waals surface area contributed by atoms with Crippen LogP contribution in [0.5, 0.6) is 0 Å². The maximum absolute atomic E-state index is 13.7. The number of alkyl halides is 4. The van der Waals surface area contributed by atoms with Crippen molar-refractivity contribution in [1.82, 2.24) is 10.9 Å². The Kier molecular flexibility index (Phi) is 7.40. The van der Waals surface area contributed by atoms with E-state index in [1.807, 2.05) is 10.9 Å². The van der Waals surface area contributed by atoms with E-state index in [4.69, 9.17) is 4.74 Å². The van der Waals surface area contributed by atoms with Crippen molar-refractivity contribution in [3.63, 3.8) is 0 Å². The van der Waals surface area contributed by atoms with E-state index in [0.717, 1.165) is 0 Å². The van der Waals surface area contributed by atoms with Crippen LogP contribution >= 0.6 is 0 Å². The van der Waals surface area contributed by atoms with Crippen LogP contribution in [0.3, 0.4) is 0 Å². The zero-order valence-electron chi connectivity index (χ0n) is 14.9. The number of rotatable bonds is 5. The first kappa shape index (κ1) is 22.2. The molecule has 150 valence electrons. The number of nitrogens with one attached hydrogen (secondary N) is 2. The van der Waals surface area contributed by atoms with Gasteiger partial charge in [0.15, 0.2) is 0 Å². The number of carbonyl (C=O) groups is 3. The van der Waals surface area contributed by atoms with Gasteiger partial charge in [-0.1, -0.05) is 0 Å². The lowest BCUT2D eigenvalue weighted by molar-refractivity contribution is -0.163. The molecule has 0 spiro atoms. The molecule has 6 nitrogen and oxygen atoms in total. The number of carbonyl (C=O) groups excluding carboxylic acids is 3. The Morgan fingerprint density at radius 3 is 2.15 bits per heavy atom. The minimum absolute atomic E-state index is 0.160. The van der Waals surface area contributed by atoms with Gasteiger partial charge in [0.2, 0.25) is 11.8 Å². The highest BCUT2D eigenvalue weighted by atomic mass is 19.4. The summed E-state index contributed by atoms with van der Waals surface area (Å²) in [4.78, 5) is 35.7. The molecule has 1 unspecified atom stereocenters. The van der Waals surface area contributed by atoms with Gasteiger partial charge in [0.05, 0.1) is 11.8 Å². The average Bonchev–Trinajstić information content (AvgIpc) is 2.84. The summed E-state index contributed by atoms with van der Waals surface area (Å²) in [5.41, 5.74) is 3.24. The van der Waals surface area contributed by atoms with Crippen LogP contribution in [0.2, 0.25) is 0 Å². The molecule has 0 aromatic rings. The van der Waals surface area contributed by atoms with Gasteiger partial charge in [-0.25, -0.2) is 4.39 Å². The van der Waals surface area contributed by atoms with E-state index in [1.165, 1.54) is 0 Å².